The van der Waals surface area contributed by atoms with E-state index in [4.69, 9.17) is 0 Å². The molecule has 0 N–H and O–H groups in total. The molecule has 3 nitrogen and oxygen atoms in total. The molecule has 1 aromatic heterocycles. The van der Waals surface area contributed by atoms with Gasteiger partial charge in [0.1, 0.15) is 0 Å². The lowest BCUT2D eigenvalue weighted by molar-refractivity contribution is -0.119. The van der Waals surface area contributed by atoms with E-state index >= 15 is 0 Å². The maximum Gasteiger partial charge on any atom is 0.251 e. The SMILES string of the molecule is CCC(=O)Cn1c(C)cccc1=O. The molecule has 0 bridgehead atoms. The molecular weight excluding hydrogens is 166 g/mol. The van der Waals surface area contributed by atoms with Crippen LogP contribution < -0.4 is 5.56 Å². The number of aromatic nitrogens is 1. The van der Waals surface area contributed by atoms with Gasteiger partial charge in [0.2, 0.25) is 0 Å². The molecule has 0 aliphatic rings. The summed E-state index contributed by atoms with van der Waals surface area (Å²) < 4.78 is 1.49. The normalized spacial score (nSPS) is 10.0. The van der Waals surface area contributed by atoms with Crippen LogP contribution in [0.5, 0.6) is 0 Å². The summed E-state index contributed by atoms with van der Waals surface area (Å²) in [6.45, 7) is 3.82. The average molecular weight is 179 g/mol. The van der Waals surface area contributed by atoms with E-state index < -0.39 is 0 Å². The van der Waals surface area contributed by atoms with Gasteiger partial charge in [-0.25, -0.2) is 0 Å². The summed E-state index contributed by atoms with van der Waals surface area (Å²) in [5.74, 6) is 0.0800. The Morgan fingerprint density at radius 3 is 2.69 bits per heavy atom. The van der Waals surface area contributed by atoms with Crippen LogP contribution in [0.2, 0.25) is 0 Å². The summed E-state index contributed by atoms with van der Waals surface area (Å²) in [5.41, 5.74) is 0.719. The molecule has 0 aliphatic carbocycles. The average Bonchev–Trinajstić information content (AvgIpc) is 2.11. The number of hydrogen-bond donors (Lipinski definition) is 0. The van der Waals surface area contributed by atoms with Gasteiger partial charge < -0.3 is 4.57 Å². The highest BCUT2D eigenvalue weighted by Gasteiger charge is 2.03. The van der Waals surface area contributed by atoms with Crippen molar-refractivity contribution in [2.45, 2.75) is 26.8 Å². The Morgan fingerprint density at radius 2 is 2.15 bits per heavy atom. The zero-order valence-corrected chi connectivity index (χ0v) is 7.91. The fourth-order valence-electron chi connectivity index (χ4n) is 1.11. The molecular formula is C10H13NO2. The minimum absolute atomic E-state index is 0.0800. The highest BCUT2D eigenvalue weighted by atomic mass is 16.1. The van der Waals surface area contributed by atoms with Gasteiger partial charge in [-0.15, -0.1) is 0 Å². The van der Waals surface area contributed by atoms with Crippen LogP contribution in [-0.2, 0) is 11.3 Å². The molecule has 0 aromatic carbocycles. The van der Waals surface area contributed by atoms with E-state index in [1.54, 1.807) is 13.0 Å². The first-order valence-corrected chi connectivity index (χ1v) is 4.33. The molecule has 0 amide bonds. The van der Waals surface area contributed by atoms with Gasteiger partial charge in [-0.3, -0.25) is 9.59 Å². The summed E-state index contributed by atoms with van der Waals surface area (Å²) in [6, 6.07) is 4.99. The molecule has 0 saturated carbocycles. The first kappa shape index (κ1) is 9.71. The summed E-state index contributed by atoms with van der Waals surface area (Å²) in [5, 5.41) is 0. The quantitative estimate of drug-likeness (QED) is 0.697. The molecule has 1 aromatic rings. The van der Waals surface area contributed by atoms with Crippen molar-refractivity contribution in [2.75, 3.05) is 0 Å². The number of Topliss-reactive ketones (excluding diaryl/α,β-unsaturated/α-hetero) is 1. The molecule has 0 atom stereocenters. The van der Waals surface area contributed by atoms with E-state index in [0.717, 1.165) is 5.69 Å². The van der Waals surface area contributed by atoms with Gasteiger partial charge in [-0.1, -0.05) is 13.0 Å². The van der Waals surface area contributed by atoms with Gasteiger partial charge in [0, 0.05) is 18.2 Å². The van der Waals surface area contributed by atoms with Crippen molar-refractivity contribution < 1.29 is 4.79 Å². The number of hydrogen-bond acceptors (Lipinski definition) is 2. The van der Waals surface area contributed by atoms with Crippen molar-refractivity contribution in [2.24, 2.45) is 0 Å². The molecule has 0 saturated heterocycles. The Labute approximate surface area is 77.0 Å². The van der Waals surface area contributed by atoms with E-state index in [1.807, 2.05) is 13.0 Å². The Balaban J connectivity index is 3.00. The Morgan fingerprint density at radius 1 is 1.46 bits per heavy atom. The first-order chi connectivity index (χ1) is 6.15. The topological polar surface area (TPSA) is 39.1 Å². The van der Waals surface area contributed by atoms with Gasteiger partial charge in [0.25, 0.3) is 5.56 Å². The molecule has 1 heterocycles. The fraction of sp³-hybridized carbons (Fsp3) is 0.400. The van der Waals surface area contributed by atoms with Crippen molar-refractivity contribution >= 4 is 5.78 Å². The van der Waals surface area contributed by atoms with Gasteiger partial charge >= 0.3 is 0 Å². The van der Waals surface area contributed by atoms with E-state index in [-0.39, 0.29) is 17.9 Å². The number of rotatable bonds is 3. The number of carbonyl (C=O) groups is 1. The van der Waals surface area contributed by atoms with E-state index in [1.165, 1.54) is 10.6 Å². The second kappa shape index (κ2) is 4.03. The first-order valence-electron chi connectivity index (χ1n) is 4.33. The molecule has 3 heteroatoms. The number of aryl methyl sites for hydroxylation is 1. The largest absolute Gasteiger partial charge is 0.306 e. The second-order valence-electron chi connectivity index (χ2n) is 2.98. The van der Waals surface area contributed by atoms with Gasteiger partial charge in [-0.2, -0.15) is 0 Å². The van der Waals surface area contributed by atoms with Crippen LogP contribution in [0.25, 0.3) is 0 Å². The molecule has 0 radical (unpaired) electrons. The van der Waals surface area contributed by atoms with Crippen molar-refractivity contribution in [3.63, 3.8) is 0 Å². The number of ketones is 1. The molecule has 0 spiro atoms. The third-order valence-corrected chi connectivity index (χ3v) is 2.00. The standard InChI is InChI=1S/C10H13NO2/c1-3-9(12)7-11-8(2)5-4-6-10(11)13/h4-6H,3,7H2,1-2H3. The lowest BCUT2D eigenvalue weighted by atomic mass is 10.3. The Hall–Kier alpha value is -1.38. The lowest BCUT2D eigenvalue weighted by Gasteiger charge is -2.06. The minimum Gasteiger partial charge on any atom is -0.306 e. The van der Waals surface area contributed by atoms with Crippen LogP contribution in [-0.4, -0.2) is 10.4 Å². The summed E-state index contributed by atoms with van der Waals surface area (Å²) in [7, 11) is 0. The second-order valence-corrected chi connectivity index (χ2v) is 2.98. The molecule has 0 fully saturated rings. The zero-order valence-electron chi connectivity index (χ0n) is 7.91. The van der Waals surface area contributed by atoms with Gasteiger partial charge in [-0.05, 0) is 13.0 Å². The van der Waals surface area contributed by atoms with Crippen LogP contribution in [0.15, 0.2) is 23.0 Å². The number of carbonyl (C=O) groups excluding carboxylic acids is 1. The molecule has 0 aliphatic heterocycles. The molecule has 0 unspecified atom stereocenters. The Bertz CT molecular complexity index is 365. The zero-order chi connectivity index (χ0) is 9.84. The molecule has 70 valence electrons. The highest BCUT2D eigenvalue weighted by molar-refractivity contribution is 5.77. The Kier molecular flexibility index (Phi) is 3.01. The third-order valence-electron chi connectivity index (χ3n) is 2.00. The minimum atomic E-state index is -0.109. The van der Waals surface area contributed by atoms with Crippen LogP contribution >= 0.6 is 0 Å². The smallest absolute Gasteiger partial charge is 0.251 e. The maximum atomic E-state index is 11.3. The monoisotopic (exact) mass is 179 g/mol. The summed E-state index contributed by atoms with van der Waals surface area (Å²) in [4.78, 5) is 22.4. The number of nitrogens with zero attached hydrogens (tertiary/aromatic N) is 1. The van der Waals surface area contributed by atoms with Crippen molar-refractivity contribution in [3.8, 4) is 0 Å². The van der Waals surface area contributed by atoms with E-state index in [0.29, 0.717) is 6.42 Å². The van der Waals surface area contributed by atoms with Gasteiger partial charge in [0.15, 0.2) is 5.78 Å². The fourth-order valence-corrected chi connectivity index (χ4v) is 1.11. The molecule has 13 heavy (non-hydrogen) atoms. The van der Waals surface area contributed by atoms with Crippen molar-refractivity contribution in [1.29, 1.82) is 0 Å². The lowest BCUT2D eigenvalue weighted by Crippen LogP contribution is -2.24. The van der Waals surface area contributed by atoms with Crippen LogP contribution in [0.1, 0.15) is 19.0 Å². The van der Waals surface area contributed by atoms with E-state index in [2.05, 4.69) is 0 Å². The predicted octanol–water partition coefficient (Wildman–Crippen LogP) is 1.14. The molecule has 1 rings (SSSR count). The summed E-state index contributed by atoms with van der Waals surface area (Å²) in [6.07, 6.45) is 0.473. The van der Waals surface area contributed by atoms with Crippen LogP contribution in [0, 0.1) is 6.92 Å². The van der Waals surface area contributed by atoms with E-state index in [9.17, 15) is 9.59 Å². The maximum absolute atomic E-state index is 11.3. The van der Waals surface area contributed by atoms with Crippen LogP contribution in [0.4, 0.5) is 0 Å². The predicted molar refractivity (Wildman–Crippen MR) is 50.7 cm³/mol. The number of pyridine rings is 1. The van der Waals surface area contributed by atoms with Gasteiger partial charge in [0.05, 0.1) is 6.54 Å². The third kappa shape index (κ3) is 2.28. The van der Waals surface area contributed by atoms with Crippen molar-refractivity contribution in [1.82, 2.24) is 4.57 Å². The summed E-state index contributed by atoms with van der Waals surface area (Å²) >= 11 is 0. The van der Waals surface area contributed by atoms with Crippen LogP contribution in [0.3, 0.4) is 0 Å². The highest BCUT2D eigenvalue weighted by Crippen LogP contribution is 1.94. The van der Waals surface area contributed by atoms with Crippen molar-refractivity contribution in [3.05, 3.63) is 34.2 Å².